The second kappa shape index (κ2) is 4.78. The molecule has 3 aromatic rings. The maximum Gasteiger partial charge on any atom is 0.279 e. The third-order valence-electron chi connectivity index (χ3n) is 2.53. The Morgan fingerprint density at radius 2 is 2.10 bits per heavy atom. The van der Waals surface area contributed by atoms with E-state index in [-0.39, 0.29) is 5.03 Å². The van der Waals surface area contributed by atoms with Gasteiger partial charge >= 0.3 is 0 Å². The van der Waals surface area contributed by atoms with Gasteiger partial charge in [-0.1, -0.05) is 0 Å². The predicted octanol–water partition coefficient (Wildman–Crippen LogP) is 0.791. The molecule has 8 nitrogen and oxygen atoms in total. The lowest BCUT2D eigenvalue weighted by Gasteiger charge is -2.06. The zero-order valence-corrected chi connectivity index (χ0v) is 10.9. The van der Waals surface area contributed by atoms with Crippen molar-refractivity contribution in [2.24, 2.45) is 0 Å². The molecule has 9 heteroatoms. The number of aromatic nitrogens is 5. The van der Waals surface area contributed by atoms with Crippen LogP contribution < -0.4 is 4.72 Å². The van der Waals surface area contributed by atoms with Gasteiger partial charge in [0.05, 0.1) is 24.4 Å². The maximum absolute atomic E-state index is 12.0. The van der Waals surface area contributed by atoms with Gasteiger partial charge in [0, 0.05) is 12.4 Å². The summed E-state index contributed by atoms with van der Waals surface area (Å²) in [6.07, 6.45) is 8.96. The highest BCUT2D eigenvalue weighted by Crippen LogP contribution is 2.14. The van der Waals surface area contributed by atoms with Crippen LogP contribution in [0.25, 0.3) is 5.82 Å². The largest absolute Gasteiger partial charge is 0.334 e. The van der Waals surface area contributed by atoms with Crippen LogP contribution in [0.15, 0.2) is 54.6 Å². The summed E-state index contributed by atoms with van der Waals surface area (Å²) >= 11 is 0. The third-order valence-corrected chi connectivity index (χ3v) is 3.84. The molecule has 0 aromatic carbocycles. The Balaban J connectivity index is 1.83. The summed E-state index contributed by atoms with van der Waals surface area (Å²) < 4.78 is 28.0. The van der Waals surface area contributed by atoms with E-state index in [1.165, 1.54) is 18.7 Å². The molecule has 0 amide bonds. The molecular weight excluding hydrogens is 280 g/mol. The number of rotatable bonds is 4. The first-order valence-electron chi connectivity index (χ1n) is 5.61. The van der Waals surface area contributed by atoms with Crippen LogP contribution in [0, 0.1) is 0 Å². The van der Waals surface area contributed by atoms with Crippen LogP contribution in [0.1, 0.15) is 0 Å². The Morgan fingerprint density at radius 1 is 1.20 bits per heavy atom. The summed E-state index contributed by atoms with van der Waals surface area (Å²) in [4.78, 5) is 14.3. The average molecular weight is 290 g/mol. The fraction of sp³-hybridized carbons (Fsp3) is 0. The van der Waals surface area contributed by atoms with Crippen molar-refractivity contribution in [2.75, 3.05) is 4.72 Å². The van der Waals surface area contributed by atoms with Crippen molar-refractivity contribution >= 4 is 15.7 Å². The number of pyridine rings is 1. The van der Waals surface area contributed by atoms with Crippen molar-refractivity contribution < 1.29 is 8.42 Å². The number of anilines is 1. The molecule has 3 aromatic heterocycles. The smallest absolute Gasteiger partial charge is 0.279 e. The predicted molar refractivity (Wildman–Crippen MR) is 70.8 cm³/mol. The first-order chi connectivity index (χ1) is 9.65. The quantitative estimate of drug-likeness (QED) is 0.739. The summed E-state index contributed by atoms with van der Waals surface area (Å²) in [7, 11) is -3.66. The first kappa shape index (κ1) is 12.4. The van der Waals surface area contributed by atoms with E-state index < -0.39 is 10.0 Å². The highest BCUT2D eigenvalue weighted by atomic mass is 32.2. The summed E-state index contributed by atoms with van der Waals surface area (Å²) in [5, 5.41) is -0.00353. The number of hydrogen-bond acceptors (Lipinski definition) is 5. The molecule has 0 radical (unpaired) electrons. The van der Waals surface area contributed by atoms with Gasteiger partial charge in [-0.25, -0.2) is 15.0 Å². The van der Waals surface area contributed by atoms with Crippen LogP contribution in [0.5, 0.6) is 0 Å². The van der Waals surface area contributed by atoms with Gasteiger partial charge in [-0.3, -0.25) is 9.29 Å². The van der Waals surface area contributed by atoms with Crippen molar-refractivity contribution in [3.63, 3.8) is 0 Å². The van der Waals surface area contributed by atoms with Gasteiger partial charge < -0.3 is 4.98 Å². The highest BCUT2D eigenvalue weighted by Gasteiger charge is 2.15. The van der Waals surface area contributed by atoms with Gasteiger partial charge in [0.15, 0.2) is 5.03 Å². The van der Waals surface area contributed by atoms with Crippen molar-refractivity contribution in [1.82, 2.24) is 24.5 Å². The molecule has 0 aliphatic heterocycles. The zero-order valence-electron chi connectivity index (χ0n) is 10.1. The summed E-state index contributed by atoms with van der Waals surface area (Å²) in [5.74, 6) is 0.645. The van der Waals surface area contributed by atoms with Crippen LogP contribution in [-0.4, -0.2) is 32.9 Å². The van der Waals surface area contributed by atoms with E-state index in [4.69, 9.17) is 0 Å². The lowest BCUT2D eigenvalue weighted by atomic mass is 10.4. The molecule has 0 spiro atoms. The van der Waals surface area contributed by atoms with Gasteiger partial charge in [-0.15, -0.1) is 0 Å². The average Bonchev–Trinajstić information content (AvgIpc) is 3.13. The number of H-pyrrole nitrogens is 1. The van der Waals surface area contributed by atoms with Crippen LogP contribution in [-0.2, 0) is 10.0 Å². The van der Waals surface area contributed by atoms with E-state index in [0.717, 1.165) is 0 Å². The highest BCUT2D eigenvalue weighted by molar-refractivity contribution is 7.92. The van der Waals surface area contributed by atoms with E-state index in [9.17, 15) is 8.42 Å². The molecule has 0 aliphatic rings. The SMILES string of the molecule is O=S(=O)(Nc1ccc(-n2ccnc2)nc1)c1cnc[nH]1. The van der Waals surface area contributed by atoms with Gasteiger partial charge in [0.2, 0.25) is 0 Å². The Kier molecular flexibility index (Phi) is 2.95. The minimum atomic E-state index is -3.66. The minimum absolute atomic E-state index is 0.00353. The lowest BCUT2D eigenvalue weighted by molar-refractivity contribution is 0.598. The molecule has 2 N–H and O–H groups in total. The fourth-order valence-electron chi connectivity index (χ4n) is 1.59. The molecule has 0 unspecified atom stereocenters. The minimum Gasteiger partial charge on any atom is -0.334 e. The second-order valence-electron chi connectivity index (χ2n) is 3.90. The summed E-state index contributed by atoms with van der Waals surface area (Å²) in [5.41, 5.74) is 0.364. The van der Waals surface area contributed by atoms with Crippen LogP contribution in [0.3, 0.4) is 0 Å². The van der Waals surface area contributed by atoms with Crippen LogP contribution >= 0.6 is 0 Å². The molecule has 0 bridgehead atoms. The van der Waals surface area contributed by atoms with E-state index in [1.54, 1.807) is 35.4 Å². The molecule has 0 aliphatic carbocycles. The van der Waals surface area contributed by atoms with Crippen molar-refractivity contribution in [3.05, 3.63) is 49.6 Å². The molecular formula is C11H10N6O2S. The fourth-order valence-corrected chi connectivity index (χ4v) is 2.54. The zero-order chi connectivity index (χ0) is 14.0. The van der Waals surface area contributed by atoms with E-state index in [1.807, 2.05) is 0 Å². The molecule has 20 heavy (non-hydrogen) atoms. The Bertz CT molecular complexity index is 778. The number of imidazole rings is 2. The van der Waals surface area contributed by atoms with Crippen LogP contribution in [0.2, 0.25) is 0 Å². The molecule has 0 atom stereocenters. The Labute approximate surface area is 114 Å². The van der Waals surface area contributed by atoms with E-state index in [0.29, 0.717) is 11.5 Å². The molecule has 0 fully saturated rings. The first-order valence-corrected chi connectivity index (χ1v) is 7.09. The van der Waals surface area contributed by atoms with Crippen molar-refractivity contribution in [1.29, 1.82) is 0 Å². The topological polar surface area (TPSA) is 106 Å². The summed E-state index contributed by atoms with van der Waals surface area (Å²) in [6, 6.07) is 3.31. The second-order valence-corrected chi connectivity index (χ2v) is 5.55. The number of nitrogens with one attached hydrogen (secondary N) is 2. The van der Waals surface area contributed by atoms with Gasteiger partial charge in [-0.05, 0) is 12.1 Å². The number of sulfonamides is 1. The number of aromatic amines is 1. The van der Waals surface area contributed by atoms with Gasteiger partial charge in [0.1, 0.15) is 12.1 Å². The van der Waals surface area contributed by atoms with Crippen molar-refractivity contribution in [2.45, 2.75) is 5.03 Å². The third kappa shape index (κ3) is 2.38. The van der Waals surface area contributed by atoms with E-state index in [2.05, 4.69) is 24.7 Å². The normalized spacial score (nSPS) is 11.4. The molecule has 102 valence electrons. The van der Waals surface area contributed by atoms with Crippen molar-refractivity contribution in [3.8, 4) is 5.82 Å². The Hall–Kier alpha value is -2.68. The molecule has 0 saturated heterocycles. The standard InChI is InChI=1S/C11H10N6O2S/c18-20(19,11-6-13-7-15-11)16-9-1-2-10(14-5-9)17-4-3-12-8-17/h1-8,16H,(H,13,15). The van der Waals surface area contributed by atoms with Gasteiger partial charge in [0.25, 0.3) is 10.0 Å². The van der Waals surface area contributed by atoms with E-state index >= 15 is 0 Å². The Morgan fingerprint density at radius 3 is 2.70 bits per heavy atom. The maximum atomic E-state index is 12.0. The van der Waals surface area contributed by atoms with Gasteiger partial charge in [-0.2, -0.15) is 8.42 Å². The molecule has 3 heterocycles. The lowest BCUT2D eigenvalue weighted by Crippen LogP contribution is -2.13. The van der Waals surface area contributed by atoms with Crippen LogP contribution in [0.4, 0.5) is 5.69 Å². The monoisotopic (exact) mass is 290 g/mol. The number of nitrogens with zero attached hydrogens (tertiary/aromatic N) is 4. The number of hydrogen-bond donors (Lipinski definition) is 2. The molecule has 3 rings (SSSR count). The summed E-state index contributed by atoms with van der Waals surface area (Å²) in [6.45, 7) is 0. The molecule has 0 saturated carbocycles.